The minimum atomic E-state index is -0.240. The van der Waals surface area contributed by atoms with Crippen molar-refractivity contribution in [3.05, 3.63) is 60.2 Å². The van der Waals surface area contributed by atoms with E-state index in [1.165, 1.54) is 6.08 Å². The van der Waals surface area contributed by atoms with Crippen LogP contribution in [0, 0.1) is 0 Å². The third-order valence-electron chi connectivity index (χ3n) is 5.01. The lowest BCUT2D eigenvalue weighted by Crippen LogP contribution is -2.27. The number of hydrogen-bond donors (Lipinski definition) is 2. The van der Waals surface area contributed by atoms with Gasteiger partial charge in [0.15, 0.2) is 0 Å². The molecule has 29 heavy (non-hydrogen) atoms. The number of benzene rings is 2. The van der Waals surface area contributed by atoms with E-state index in [0.29, 0.717) is 25.2 Å². The Morgan fingerprint density at radius 1 is 0.931 bits per heavy atom. The molecule has 7 nitrogen and oxygen atoms in total. The smallest absolute Gasteiger partial charge is 0.321 e. The Kier molecular flexibility index (Phi) is 5.29. The number of amides is 4. The first kappa shape index (κ1) is 18.7. The Morgan fingerprint density at radius 3 is 2.24 bits per heavy atom. The fourth-order valence-corrected chi connectivity index (χ4v) is 3.49. The summed E-state index contributed by atoms with van der Waals surface area (Å²) in [5.74, 6) is -0.0838. The van der Waals surface area contributed by atoms with Crippen LogP contribution in [0.1, 0.15) is 18.4 Å². The first-order valence-electron chi connectivity index (χ1n) is 9.65. The molecule has 0 unspecified atom stereocenters. The Hall–Kier alpha value is -3.61. The Labute approximate surface area is 169 Å². The van der Waals surface area contributed by atoms with Gasteiger partial charge in [0.05, 0.1) is 0 Å². The van der Waals surface area contributed by atoms with E-state index in [9.17, 15) is 14.4 Å². The first-order chi connectivity index (χ1) is 14.1. The van der Waals surface area contributed by atoms with Gasteiger partial charge in [0, 0.05) is 49.2 Å². The van der Waals surface area contributed by atoms with Crippen LogP contribution in [0.3, 0.4) is 0 Å². The van der Waals surface area contributed by atoms with Crippen LogP contribution in [0.4, 0.5) is 21.9 Å². The van der Waals surface area contributed by atoms with Gasteiger partial charge in [0.25, 0.3) is 0 Å². The van der Waals surface area contributed by atoms with Crippen LogP contribution in [-0.4, -0.2) is 37.5 Å². The summed E-state index contributed by atoms with van der Waals surface area (Å²) >= 11 is 0. The molecule has 2 aliphatic rings. The number of carbonyl (C=O) groups excluding carboxylic acids is 3. The standard InChI is InChI=1S/C22H22N4O3/c27-20(24-17-6-10-19(11-7-17)26-15-13-23-22(26)29)12-5-16-3-8-18(9-4-16)25-14-1-2-21(25)28/h3-12H,1-2,13-15H2,(H,23,29)(H,24,27)/b12-5+. The van der Waals surface area contributed by atoms with Crippen molar-refractivity contribution >= 4 is 41.0 Å². The molecule has 0 bridgehead atoms. The number of nitrogens with zero attached hydrogens (tertiary/aromatic N) is 2. The summed E-state index contributed by atoms with van der Waals surface area (Å²) in [5, 5.41) is 5.56. The molecule has 0 spiro atoms. The zero-order valence-electron chi connectivity index (χ0n) is 15.9. The number of nitrogens with one attached hydrogen (secondary N) is 2. The minimum Gasteiger partial charge on any atom is -0.336 e. The molecule has 7 heteroatoms. The molecule has 0 saturated carbocycles. The maximum absolute atomic E-state index is 12.2. The molecule has 2 heterocycles. The van der Waals surface area contributed by atoms with Gasteiger partial charge >= 0.3 is 6.03 Å². The molecule has 2 N–H and O–H groups in total. The molecule has 2 aromatic rings. The summed E-state index contributed by atoms with van der Waals surface area (Å²) in [5.41, 5.74) is 3.22. The van der Waals surface area contributed by atoms with E-state index in [0.717, 1.165) is 29.9 Å². The van der Waals surface area contributed by atoms with Gasteiger partial charge < -0.3 is 15.5 Å². The Balaban J connectivity index is 1.33. The molecule has 0 aliphatic carbocycles. The van der Waals surface area contributed by atoms with Gasteiger partial charge in [-0.25, -0.2) is 4.79 Å². The van der Waals surface area contributed by atoms with E-state index in [4.69, 9.17) is 0 Å². The molecule has 2 aromatic carbocycles. The van der Waals surface area contributed by atoms with Crippen LogP contribution in [0.2, 0.25) is 0 Å². The average molecular weight is 390 g/mol. The number of hydrogen-bond acceptors (Lipinski definition) is 3. The molecule has 0 radical (unpaired) electrons. The number of carbonyl (C=O) groups is 3. The van der Waals surface area contributed by atoms with E-state index in [1.54, 1.807) is 28.0 Å². The molecule has 4 amide bonds. The van der Waals surface area contributed by atoms with Crippen molar-refractivity contribution in [1.29, 1.82) is 0 Å². The van der Waals surface area contributed by atoms with Crippen LogP contribution >= 0.6 is 0 Å². The van der Waals surface area contributed by atoms with E-state index >= 15 is 0 Å². The van der Waals surface area contributed by atoms with Crippen molar-refractivity contribution in [2.75, 3.05) is 34.8 Å². The highest BCUT2D eigenvalue weighted by Gasteiger charge is 2.21. The molecule has 148 valence electrons. The summed E-state index contributed by atoms with van der Waals surface area (Å²) in [7, 11) is 0. The molecule has 0 atom stereocenters. The normalized spacial score (nSPS) is 16.6. The molecule has 2 fully saturated rings. The Morgan fingerprint density at radius 2 is 1.62 bits per heavy atom. The van der Waals surface area contributed by atoms with Crippen molar-refractivity contribution in [2.45, 2.75) is 12.8 Å². The molecule has 0 aromatic heterocycles. The SMILES string of the molecule is O=C(/C=C/c1ccc(N2CCCC2=O)cc1)Nc1ccc(N2CCNC2=O)cc1. The van der Waals surface area contributed by atoms with E-state index < -0.39 is 0 Å². The second-order valence-electron chi connectivity index (χ2n) is 6.99. The second-order valence-corrected chi connectivity index (χ2v) is 6.99. The molecular formula is C22H22N4O3. The largest absolute Gasteiger partial charge is 0.336 e. The summed E-state index contributed by atoms with van der Waals surface area (Å²) in [4.78, 5) is 39.1. The molecular weight excluding hydrogens is 368 g/mol. The van der Waals surface area contributed by atoms with Crippen LogP contribution in [0.5, 0.6) is 0 Å². The summed E-state index contributed by atoms with van der Waals surface area (Å²) in [6.45, 7) is 2.03. The predicted octanol–water partition coefficient (Wildman–Crippen LogP) is 2.99. The predicted molar refractivity (Wildman–Crippen MR) is 113 cm³/mol. The third kappa shape index (κ3) is 4.29. The van der Waals surface area contributed by atoms with Crippen molar-refractivity contribution in [3.63, 3.8) is 0 Å². The lowest BCUT2D eigenvalue weighted by Gasteiger charge is -2.15. The first-order valence-corrected chi connectivity index (χ1v) is 9.65. The highest BCUT2D eigenvalue weighted by molar-refractivity contribution is 6.02. The molecule has 4 rings (SSSR count). The zero-order chi connectivity index (χ0) is 20.2. The maximum Gasteiger partial charge on any atom is 0.321 e. The van der Waals surface area contributed by atoms with Crippen LogP contribution in [-0.2, 0) is 9.59 Å². The van der Waals surface area contributed by atoms with Crippen molar-refractivity contribution in [1.82, 2.24) is 5.32 Å². The second kappa shape index (κ2) is 8.18. The lowest BCUT2D eigenvalue weighted by atomic mass is 10.2. The van der Waals surface area contributed by atoms with Gasteiger partial charge in [-0.3, -0.25) is 14.5 Å². The molecule has 2 aliphatic heterocycles. The Bertz CT molecular complexity index is 951. The van der Waals surface area contributed by atoms with Gasteiger partial charge in [0.2, 0.25) is 11.8 Å². The van der Waals surface area contributed by atoms with Crippen molar-refractivity contribution < 1.29 is 14.4 Å². The van der Waals surface area contributed by atoms with Gasteiger partial charge in [-0.15, -0.1) is 0 Å². The van der Waals surface area contributed by atoms with Crippen LogP contribution in [0.25, 0.3) is 6.08 Å². The molecule has 2 saturated heterocycles. The van der Waals surface area contributed by atoms with Crippen LogP contribution < -0.4 is 20.4 Å². The van der Waals surface area contributed by atoms with Gasteiger partial charge in [-0.1, -0.05) is 12.1 Å². The summed E-state index contributed by atoms with van der Waals surface area (Å²) < 4.78 is 0. The summed E-state index contributed by atoms with van der Waals surface area (Å²) in [6, 6.07) is 14.6. The van der Waals surface area contributed by atoms with Gasteiger partial charge in [-0.05, 0) is 54.5 Å². The highest BCUT2D eigenvalue weighted by Crippen LogP contribution is 2.22. The third-order valence-corrected chi connectivity index (χ3v) is 5.01. The van der Waals surface area contributed by atoms with E-state index in [-0.39, 0.29) is 17.8 Å². The summed E-state index contributed by atoms with van der Waals surface area (Å²) in [6.07, 6.45) is 4.70. The van der Waals surface area contributed by atoms with Gasteiger partial charge in [-0.2, -0.15) is 0 Å². The number of anilines is 3. The van der Waals surface area contributed by atoms with Crippen molar-refractivity contribution in [2.24, 2.45) is 0 Å². The minimum absolute atomic E-state index is 0.107. The monoisotopic (exact) mass is 390 g/mol. The quantitative estimate of drug-likeness (QED) is 0.770. The fraction of sp³-hybridized carbons (Fsp3) is 0.227. The highest BCUT2D eigenvalue weighted by atomic mass is 16.2. The van der Waals surface area contributed by atoms with Gasteiger partial charge in [0.1, 0.15) is 0 Å². The van der Waals surface area contributed by atoms with Crippen molar-refractivity contribution in [3.8, 4) is 0 Å². The maximum atomic E-state index is 12.2. The number of rotatable bonds is 5. The van der Waals surface area contributed by atoms with E-state index in [2.05, 4.69) is 10.6 Å². The van der Waals surface area contributed by atoms with E-state index in [1.807, 2.05) is 36.4 Å². The lowest BCUT2D eigenvalue weighted by molar-refractivity contribution is -0.117. The number of urea groups is 1. The topological polar surface area (TPSA) is 81.8 Å². The van der Waals surface area contributed by atoms with Crippen LogP contribution in [0.15, 0.2) is 54.6 Å². The average Bonchev–Trinajstić information content (AvgIpc) is 3.35. The zero-order valence-corrected chi connectivity index (χ0v) is 15.9. The fourth-order valence-electron chi connectivity index (χ4n) is 3.49.